The van der Waals surface area contributed by atoms with Crippen molar-refractivity contribution in [3.05, 3.63) is 35.9 Å². The maximum absolute atomic E-state index is 13.6. The molecule has 50 heavy (non-hydrogen) atoms. The molecule has 4 amide bonds. The van der Waals surface area contributed by atoms with Crippen molar-refractivity contribution < 1.29 is 52.5 Å². The van der Waals surface area contributed by atoms with Gasteiger partial charge in [-0.15, -0.1) is 0 Å². The van der Waals surface area contributed by atoms with E-state index >= 15 is 0 Å². The van der Waals surface area contributed by atoms with Gasteiger partial charge in [-0.25, -0.2) is 0 Å². The van der Waals surface area contributed by atoms with Gasteiger partial charge < -0.3 is 50.2 Å². The second kappa shape index (κ2) is 17.5. The van der Waals surface area contributed by atoms with Crippen molar-refractivity contribution in [3.8, 4) is 0 Å². The predicted molar refractivity (Wildman–Crippen MR) is 194 cm³/mol. The molecule has 0 radical (unpaired) electrons. The van der Waals surface area contributed by atoms with Crippen molar-refractivity contribution in [2.45, 2.75) is 121 Å². The number of aliphatic carboxylic acids is 1. The van der Waals surface area contributed by atoms with Gasteiger partial charge in [0.15, 0.2) is 22.0 Å². The fourth-order valence-corrected chi connectivity index (χ4v) is 8.65. The van der Waals surface area contributed by atoms with Crippen molar-refractivity contribution in [2.75, 3.05) is 13.2 Å². The zero-order valence-electron chi connectivity index (χ0n) is 30.8. The van der Waals surface area contributed by atoms with Gasteiger partial charge in [0, 0.05) is 12.0 Å². The van der Waals surface area contributed by atoms with E-state index in [1.165, 1.54) is 6.92 Å². The molecule has 1 aliphatic heterocycles. The number of benzene rings is 1. The number of amides is 4. The van der Waals surface area contributed by atoms with E-state index in [4.69, 9.17) is 29.2 Å². The second-order valence-corrected chi connectivity index (χ2v) is 29.7. The van der Waals surface area contributed by atoms with E-state index in [0.717, 1.165) is 0 Å². The van der Waals surface area contributed by atoms with Crippen LogP contribution in [0.15, 0.2) is 30.3 Å². The van der Waals surface area contributed by atoms with E-state index in [1.54, 1.807) is 30.3 Å². The van der Waals surface area contributed by atoms with Crippen molar-refractivity contribution in [1.29, 1.82) is 0 Å². The molecule has 1 saturated heterocycles. The molecule has 0 spiro atoms. The first-order valence-electron chi connectivity index (χ1n) is 16.6. The van der Waals surface area contributed by atoms with Crippen LogP contribution in [0.2, 0.25) is 58.9 Å². The van der Waals surface area contributed by atoms with Crippen LogP contribution in [-0.2, 0) is 37.5 Å². The molecule has 0 aromatic heterocycles. The molecular weight excluding hydrogens is 701 g/mol. The van der Waals surface area contributed by atoms with Crippen molar-refractivity contribution >= 4 is 54.3 Å². The molecule has 282 valence electrons. The van der Waals surface area contributed by atoms with Gasteiger partial charge in [0.05, 0.1) is 6.61 Å². The molecule has 0 aliphatic carbocycles. The predicted octanol–water partition coefficient (Wildman–Crippen LogP) is 1.55. The summed E-state index contributed by atoms with van der Waals surface area (Å²) in [6, 6.07) is 4.87. The van der Waals surface area contributed by atoms with Crippen LogP contribution >= 0.6 is 0 Å². The summed E-state index contributed by atoms with van der Waals surface area (Å²) in [6.07, 6.45) is -3.44. The average Bonchev–Trinajstić information content (AvgIpc) is 2.97. The molecule has 15 nitrogen and oxygen atoms in total. The van der Waals surface area contributed by atoms with E-state index in [0.29, 0.717) is 5.56 Å². The van der Waals surface area contributed by atoms with Gasteiger partial charge in [-0.2, -0.15) is 0 Å². The Bertz CT molecular complexity index is 1350. The summed E-state index contributed by atoms with van der Waals surface area (Å²) in [4.78, 5) is 62.4. The van der Waals surface area contributed by atoms with E-state index < -0.39 is 109 Å². The Kier molecular flexibility index (Phi) is 15.1. The first kappa shape index (κ1) is 43.2. The quantitative estimate of drug-likeness (QED) is 0.118. The summed E-state index contributed by atoms with van der Waals surface area (Å²) in [5.74, 6) is -4.05. The number of carbonyl (C=O) groups is 5. The normalized spacial score (nSPS) is 24.1. The number of ether oxygens (including phenoxy) is 2. The Morgan fingerprint density at radius 1 is 0.940 bits per heavy atom. The van der Waals surface area contributed by atoms with Gasteiger partial charge in [-0.1, -0.05) is 37.8 Å². The van der Waals surface area contributed by atoms with Gasteiger partial charge in [0.25, 0.3) is 5.91 Å². The molecule has 18 heteroatoms. The minimum atomic E-state index is -2.77. The highest BCUT2D eigenvalue weighted by Gasteiger charge is 2.61. The highest BCUT2D eigenvalue weighted by atomic mass is 28.4. The Balaban J connectivity index is 2.47. The van der Waals surface area contributed by atoms with Crippen LogP contribution in [-0.4, -0.2) is 120 Å². The molecule has 3 unspecified atom stereocenters. The first-order chi connectivity index (χ1) is 22.8. The minimum Gasteiger partial charge on any atom is -0.481 e. The minimum absolute atomic E-state index is 0.0726. The highest BCUT2D eigenvalue weighted by Crippen LogP contribution is 2.39. The van der Waals surface area contributed by atoms with E-state index in [9.17, 15) is 29.1 Å². The fourth-order valence-electron chi connectivity index (χ4n) is 5.21. The number of nitrogens with one attached hydrogen (secondary N) is 3. The summed E-state index contributed by atoms with van der Waals surface area (Å²) in [6.45, 7) is 18.5. The number of carboxylic acids is 1. The first-order valence-corrected chi connectivity index (χ1v) is 27.0. The molecule has 7 atom stereocenters. The molecule has 1 aliphatic rings. The van der Waals surface area contributed by atoms with Crippen LogP contribution in [0.3, 0.4) is 0 Å². The summed E-state index contributed by atoms with van der Waals surface area (Å²) >= 11 is 0. The third-order valence-electron chi connectivity index (χ3n) is 7.82. The summed E-state index contributed by atoms with van der Waals surface area (Å²) in [7, 11) is -7.24. The Labute approximate surface area is 297 Å². The topological polar surface area (TPSA) is 225 Å². The molecule has 1 fully saturated rings. The third-order valence-corrected chi connectivity index (χ3v) is 12.4. The lowest BCUT2D eigenvalue weighted by atomic mass is 9.95. The zero-order chi connectivity index (χ0) is 38.2. The van der Waals surface area contributed by atoms with Crippen LogP contribution in [0, 0.1) is 0 Å². The van der Waals surface area contributed by atoms with Crippen molar-refractivity contribution in [3.63, 3.8) is 0 Å². The fraction of sp³-hybridized carbons (Fsp3) is 0.656. The lowest BCUT2D eigenvalue weighted by Crippen LogP contribution is -2.78. The lowest BCUT2D eigenvalue weighted by molar-refractivity contribution is -0.283. The van der Waals surface area contributed by atoms with Crippen LogP contribution in [0.5, 0.6) is 0 Å². The van der Waals surface area contributed by atoms with E-state index in [2.05, 4.69) is 16.0 Å². The van der Waals surface area contributed by atoms with Crippen LogP contribution in [0.4, 0.5) is 0 Å². The van der Waals surface area contributed by atoms with Gasteiger partial charge in [0.1, 0.15) is 51.1 Å². The van der Waals surface area contributed by atoms with Crippen molar-refractivity contribution in [1.82, 2.24) is 16.0 Å². The number of primary amides is 1. The number of hydrogen-bond acceptors (Lipinski definition) is 10. The number of carboxylic acid groups (broad SMARTS) is 1. The monoisotopic (exact) mass is 756 g/mol. The van der Waals surface area contributed by atoms with E-state index in [1.807, 2.05) is 58.9 Å². The lowest BCUT2D eigenvalue weighted by Gasteiger charge is -2.56. The summed E-state index contributed by atoms with van der Waals surface area (Å²) in [5.41, 5.74) is 3.76. The second-order valence-electron chi connectivity index (χ2n) is 15.5. The van der Waals surface area contributed by atoms with Gasteiger partial charge in [-0.05, 0) is 64.8 Å². The van der Waals surface area contributed by atoms with Gasteiger partial charge in [-0.3, -0.25) is 24.0 Å². The number of rotatable bonds is 18. The number of nitrogens with two attached hydrogens (primary N) is 1. The summed E-state index contributed by atoms with van der Waals surface area (Å²) < 4.78 is 25.8. The molecule has 0 bridgehead atoms. The molecule has 1 heterocycles. The Morgan fingerprint density at radius 3 is 2.04 bits per heavy atom. The smallest absolute Gasteiger partial charge is 0.303 e. The van der Waals surface area contributed by atoms with Crippen molar-refractivity contribution in [2.24, 2.45) is 5.73 Å². The SMILES string of the molecule is CC(NC(=O)CO[C@H]1[C@H](O[Si](C)(C)C)[C@@H](CO[Si](C)(C)C)OC(O)([Si](C)(C)C)[C@@H]1NC(=O)c1ccccc1)C(=O)NC(CCC(=O)O)C(N)=O. The zero-order valence-corrected chi connectivity index (χ0v) is 33.8. The molecule has 1 aromatic carbocycles. The number of aliphatic hydroxyl groups is 1. The number of hydrogen-bond donors (Lipinski definition) is 6. The molecule has 0 saturated carbocycles. The Hall–Kier alpha value is -2.98. The molecule has 7 N–H and O–H groups in total. The van der Waals surface area contributed by atoms with Gasteiger partial charge in [0.2, 0.25) is 17.7 Å². The maximum Gasteiger partial charge on any atom is 0.303 e. The third kappa shape index (κ3) is 13.0. The summed E-state index contributed by atoms with van der Waals surface area (Å²) in [5, 5.41) is 29.2. The largest absolute Gasteiger partial charge is 0.481 e. The Morgan fingerprint density at radius 2 is 1.54 bits per heavy atom. The standard InChI is InChI=1S/C32H56N4O11Si3/c1-20(30(41)35-22(29(33)40)16-17-25(38)39)34-24(37)19-44-27-26(47-50(8,9)10)23(18-45-49(5,6)7)46-32(43,48(2,3)4)28(27)36-31(42)21-14-12-11-13-15-21/h11-15,20,22-23,26-28,43H,16-19H2,1-10H3,(H2,33,40)(H,34,37)(H,35,41)(H,36,42)(H,38,39)/t20?,22?,23-,26-,27+,28-,32?/m1/s1. The maximum atomic E-state index is 13.6. The molecule has 1 aromatic rings. The van der Waals surface area contributed by atoms with Crippen LogP contribution < -0.4 is 21.7 Å². The van der Waals surface area contributed by atoms with Crippen LogP contribution in [0.25, 0.3) is 0 Å². The molecular formula is C32H56N4O11Si3. The van der Waals surface area contributed by atoms with Crippen LogP contribution in [0.1, 0.15) is 30.1 Å². The molecule has 2 rings (SSSR count). The average molecular weight is 757 g/mol. The number of carbonyl (C=O) groups excluding carboxylic acids is 4. The van der Waals surface area contributed by atoms with E-state index in [-0.39, 0.29) is 13.0 Å². The van der Waals surface area contributed by atoms with Gasteiger partial charge >= 0.3 is 5.97 Å². The highest BCUT2D eigenvalue weighted by molar-refractivity contribution is 6.78.